The molecular weight excluding hydrogens is 310 g/mol. The highest BCUT2D eigenvalue weighted by molar-refractivity contribution is 6.02. The van der Waals surface area contributed by atoms with Gasteiger partial charge in [0.15, 0.2) is 11.9 Å². The molecule has 0 bridgehead atoms. The van der Waals surface area contributed by atoms with Crippen molar-refractivity contribution < 1.29 is 23.9 Å². The summed E-state index contributed by atoms with van der Waals surface area (Å²) < 4.78 is 11.8. The summed E-state index contributed by atoms with van der Waals surface area (Å²) in [6.07, 6.45) is 0.607. The quantitative estimate of drug-likeness (QED) is 0.602. The number of rotatable bonds is 6. The fraction of sp³-hybridized carbons (Fsp3) is 0.278. The van der Waals surface area contributed by atoms with Gasteiger partial charge in [0, 0.05) is 24.4 Å². The second kappa shape index (κ2) is 7.12. The van der Waals surface area contributed by atoms with Gasteiger partial charge in [-0.1, -0.05) is 0 Å². The van der Waals surface area contributed by atoms with Gasteiger partial charge in [-0.25, -0.2) is 4.79 Å². The number of aromatic nitrogens is 1. The number of carbonyl (C=O) groups excluding carboxylic acids is 3. The summed E-state index contributed by atoms with van der Waals surface area (Å²) in [6, 6.07) is 8.01. The van der Waals surface area contributed by atoms with Crippen LogP contribution in [-0.4, -0.2) is 35.3 Å². The molecule has 0 aliphatic rings. The minimum Gasteiger partial charge on any atom is -0.497 e. The predicted molar refractivity (Wildman–Crippen MR) is 87.6 cm³/mol. The van der Waals surface area contributed by atoms with E-state index >= 15 is 0 Å². The van der Waals surface area contributed by atoms with Gasteiger partial charge < -0.3 is 14.0 Å². The van der Waals surface area contributed by atoms with Crippen LogP contribution in [0.4, 0.5) is 0 Å². The van der Waals surface area contributed by atoms with E-state index in [-0.39, 0.29) is 17.3 Å². The number of hydrogen-bond donors (Lipinski definition) is 0. The van der Waals surface area contributed by atoms with Gasteiger partial charge in [-0.3, -0.25) is 9.59 Å². The summed E-state index contributed by atoms with van der Waals surface area (Å²) in [7, 11) is 3.18. The first-order chi connectivity index (χ1) is 11.3. The van der Waals surface area contributed by atoms with Crippen molar-refractivity contribution in [3.05, 3.63) is 53.3 Å². The number of hydrogen-bond acceptors (Lipinski definition) is 5. The Kier molecular flexibility index (Phi) is 5.18. The monoisotopic (exact) mass is 329 g/mol. The third-order valence-corrected chi connectivity index (χ3v) is 3.65. The van der Waals surface area contributed by atoms with Crippen LogP contribution in [0.1, 0.15) is 45.1 Å². The van der Waals surface area contributed by atoms with Crippen molar-refractivity contribution in [1.82, 2.24) is 4.57 Å². The normalized spacial score (nSPS) is 11.7. The molecule has 2 rings (SSSR count). The summed E-state index contributed by atoms with van der Waals surface area (Å²) in [4.78, 5) is 35.9. The molecule has 126 valence electrons. The van der Waals surface area contributed by atoms with E-state index < -0.39 is 12.1 Å². The third-order valence-electron chi connectivity index (χ3n) is 3.65. The van der Waals surface area contributed by atoms with E-state index in [1.165, 1.54) is 31.6 Å². The topological polar surface area (TPSA) is 74.6 Å². The van der Waals surface area contributed by atoms with E-state index in [1.54, 1.807) is 37.5 Å². The Bertz CT molecular complexity index is 773. The van der Waals surface area contributed by atoms with Crippen molar-refractivity contribution in [3.63, 3.8) is 0 Å². The molecule has 0 aliphatic carbocycles. The van der Waals surface area contributed by atoms with E-state index in [4.69, 9.17) is 9.47 Å². The van der Waals surface area contributed by atoms with Gasteiger partial charge in [-0.05, 0) is 44.2 Å². The first-order valence-electron chi connectivity index (χ1n) is 7.40. The summed E-state index contributed by atoms with van der Waals surface area (Å²) in [6.45, 7) is 2.93. The molecule has 6 heteroatoms. The molecule has 1 atom stereocenters. The molecule has 0 saturated carbocycles. The van der Waals surface area contributed by atoms with Gasteiger partial charge in [0.25, 0.3) is 0 Å². The number of esters is 1. The van der Waals surface area contributed by atoms with Crippen molar-refractivity contribution >= 4 is 17.5 Å². The standard InChI is InChI=1S/C18H19NO5/c1-11(20)14-9-16(19(3)10-14)18(22)24-12(2)17(21)13-5-7-15(23-4)8-6-13/h5-10,12H,1-4H3/t12-/m0/s1. The van der Waals surface area contributed by atoms with Gasteiger partial charge in [-0.15, -0.1) is 0 Å². The molecule has 0 N–H and O–H groups in total. The van der Waals surface area contributed by atoms with E-state index in [0.29, 0.717) is 16.9 Å². The van der Waals surface area contributed by atoms with Crippen molar-refractivity contribution in [2.24, 2.45) is 7.05 Å². The van der Waals surface area contributed by atoms with Gasteiger partial charge in [0.2, 0.25) is 5.78 Å². The highest BCUT2D eigenvalue weighted by Gasteiger charge is 2.22. The van der Waals surface area contributed by atoms with Crippen molar-refractivity contribution in [2.45, 2.75) is 20.0 Å². The molecule has 0 radical (unpaired) electrons. The molecule has 1 aromatic heterocycles. The predicted octanol–water partition coefficient (Wildman–Crippen LogP) is 2.66. The summed E-state index contributed by atoms with van der Waals surface area (Å²) in [5, 5.41) is 0. The van der Waals surface area contributed by atoms with Crippen LogP contribution in [0.5, 0.6) is 5.75 Å². The summed E-state index contributed by atoms with van der Waals surface area (Å²) >= 11 is 0. The van der Waals surface area contributed by atoms with E-state index in [0.717, 1.165) is 0 Å². The van der Waals surface area contributed by atoms with Crippen LogP contribution in [0.2, 0.25) is 0 Å². The Balaban J connectivity index is 2.10. The first-order valence-corrected chi connectivity index (χ1v) is 7.40. The average molecular weight is 329 g/mol. The molecule has 0 spiro atoms. The number of ketones is 2. The Morgan fingerprint density at radius 3 is 2.21 bits per heavy atom. The Morgan fingerprint density at radius 2 is 1.71 bits per heavy atom. The molecule has 1 aromatic carbocycles. The lowest BCUT2D eigenvalue weighted by Crippen LogP contribution is -2.25. The van der Waals surface area contributed by atoms with Gasteiger partial charge in [-0.2, -0.15) is 0 Å². The number of aryl methyl sites for hydroxylation is 1. The Hall–Kier alpha value is -2.89. The van der Waals surface area contributed by atoms with Crippen molar-refractivity contribution in [1.29, 1.82) is 0 Å². The van der Waals surface area contributed by atoms with E-state index in [1.807, 2.05) is 0 Å². The zero-order valence-electron chi connectivity index (χ0n) is 14.0. The summed E-state index contributed by atoms with van der Waals surface area (Å²) in [5.74, 6) is -0.477. The Labute approximate surface area is 140 Å². The number of Topliss-reactive ketones (excluding diaryl/α,β-unsaturated/α-hetero) is 2. The fourth-order valence-electron chi connectivity index (χ4n) is 2.22. The molecule has 6 nitrogen and oxygen atoms in total. The second-order valence-electron chi connectivity index (χ2n) is 5.42. The minimum absolute atomic E-state index is 0.146. The maximum absolute atomic E-state index is 12.3. The molecule has 0 saturated heterocycles. The van der Waals surface area contributed by atoms with Gasteiger partial charge in [0.1, 0.15) is 11.4 Å². The zero-order valence-corrected chi connectivity index (χ0v) is 14.0. The first kappa shape index (κ1) is 17.5. The maximum atomic E-state index is 12.3. The third kappa shape index (κ3) is 3.71. The van der Waals surface area contributed by atoms with Crippen LogP contribution in [0, 0.1) is 0 Å². The zero-order chi connectivity index (χ0) is 17.9. The van der Waals surface area contributed by atoms with Crippen LogP contribution in [0.3, 0.4) is 0 Å². The van der Waals surface area contributed by atoms with E-state index in [9.17, 15) is 14.4 Å². The lowest BCUT2D eigenvalue weighted by atomic mass is 10.1. The molecular formula is C18H19NO5. The second-order valence-corrected chi connectivity index (χ2v) is 5.42. The van der Waals surface area contributed by atoms with Gasteiger partial charge >= 0.3 is 5.97 Å². The van der Waals surface area contributed by atoms with Crippen LogP contribution < -0.4 is 4.74 Å². The van der Waals surface area contributed by atoms with Crippen LogP contribution in [0.15, 0.2) is 36.5 Å². The van der Waals surface area contributed by atoms with Gasteiger partial charge in [0.05, 0.1) is 7.11 Å². The molecule has 0 amide bonds. The van der Waals surface area contributed by atoms with Crippen molar-refractivity contribution in [2.75, 3.05) is 7.11 Å². The highest BCUT2D eigenvalue weighted by atomic mass is 16.5. The lowest BCUT2D eigenvalue weighted by Gasteiger charge is -2.13. The SMILES string of the molecule is COc1ccc(C(=O)[C@H](C)OC(=O)c2cc(C(C)=O)cn2C)cc1. The Morgan fingerprint density at radius 1 is 1.08 bits per heavy atom. The van der Waals surface area contributed by atoms with Crippen molar-refractivity contribution in [3.8, 4) is 5.75 Å². The molecule has 0 aliphatic heterocycles. The largest absolute Gasteiger partial charge is 0.497 e. The lowest BCUT2D eigenvalue weighted by molar-refractivity contribution is 0.0309. The van der Waals surface area contributed by atoms with Crippen LogP contribution >= 0.6 is 0 Å². The maximum Gasteiger partial charge on any atom is 0.355 e. The smallest absolute Gasteiger partial charge is 0.355 e. The van der Waals surface area contributed by atoms with Crippen LogP contribution in [-0.2, 0) is 11.8 Å². The number of methoxy groups -OCH3 is 1. The molecule has 0 unspecified atom stereocenters. The van der Waals surface area contributed by atoms with E-state index in [2.05, 4.69) is 0 Å². The minimum atomic E-state index is -0.943. The fourth-order valence-corrected chi connectivity index (χ4v) is 2.22. The van der Waals surface area contributed by atoms with Crippen LogP contribution in [0.25, 0.3) is 0 Å². The number of nitrogens with zero attached hydrogens (tertiary/aromatic N) is 1. The molecule has 2 aromatic rings. The molecule has 1 heterocycles. The molecule has 0 fully saturated rings. The molecule has 24 heavy (non-hydrogen) atoms. The number of carbonyl (C=O) groups is 3. The average Bonchev–Trinajstić information content (AvgIpc) is 2.96. The number of benzene rings is 1. The number of ether oxygens (including phenoxy) is 2. The summed E-state index contributed by atoms with van der Waals surface area (Å²) in [5.41, 5.74) is 1.06. The highest BCUT2D eigenvalue weighted by Crippen LogP contribution is 2.15.